The number of hydrogen-bond donors (Lipinski definition) is 1. The molecule has 5 nitrogen and oxygen atoms in total. The van der Waals surface area contributed by atoms with Crippen molar-refractivity contribution in [2.24, 2.45) is 0 Å². The lowest BCUT2D eigenvalue weighted by Gasteiger charge is -2.28. The number of nitrogens with zero attached hydrogens (tertiary/aromatic N) is 1. The van der Waals surface area contributed by atoms with Gasteiger partial charge in [0.1, 0.15) is 11.1 Å². The molecule has 164 valence electrons. The number of carbonyl (C=O) groups excluding carboxylic acids is 2. The van der Waals surface area contributed by atoms with E-state index in [4.69, 9.17) is 4.74 Å². The Kier molecular flexibility index (Phi) is 6.51. The van der Waals surface area contributed by atoms with Crippen LogP contribution < -0.4 is 15.0 Å². The first-order valence-electron chi connectivity index (χ1n) is 10.6. The second-order valence-electron chi connectivity index (χ2n) is 7.95. The molecule has 32 heavy (non-hydrogen) atoms. The topological polar surface area (TPSA) is 58.6 Å². The van der Waals surface area contributed by atoms with Crippen molar-refractivity contribution in [3.63, 3.8) is 0 Å². The average Bonchev–Trinajstić information content (AvgIpc) is 3.20. The summed E-state index contributed by atoms with van der Waals surface area (Å²) < 4.78 is 5.15. The molecular formula is C26H26N2O3S. The highest BCUT2D eigenvalue weighted by Crippen LogP contribution is 2.44. The van der Waals surface area contributed by atoms with E-state index >= 15 is 0 Å². The van der Waals surface area contributed by atoms with Gasteiger partial charge in [-0.25, -0.2) is 0 Å². The quantitative estimate of drug-likeness (QED) is 0.516. The molecule has 1 aliphatic heterocycles. The van der Waals surface area contributed by atoms with E-state index in [1.54, 1.807) is 43.1 Å². The molecule has 1 aliphatic rings. The minimum absolute atomic E-state index is 0.0979. The summed E-state index contributed by atoms with van der Waals surface area (Å²) in [7, 11) is 1.59. The fraction of sp³-hybridized carbons (Fsp3) is 0.231. The van der Waals surface area contributed by atoms with Crippen LogP contribution in [-0.2, 0) is 4.79 Å². The summed E-state index contributed by atoms with van der Waals surface area (Å²) >= 11 is 1.60. The first-order chi connectivity index (χ1) is 15.5. The van der Waals surface area contributed by atoms with Crippen LogP contribution in [0.3, 0.4) is 0 Å². The summed E-state index contributed by atoms with van der Waals surface area (Å²) in [4.78, 5) is 27.4. The van der Waals surface area contributed by atoms with Crippen LogP contribution >= 0.6 is 11.8 Å². The van der Waals surface area contributed by atoms with Crippen LogP contribution in [-0.4, -0.2) is 24.7 Å². The van der Waals surface area contributed by atoms with Gasteiger partial charge in [-0.15, -0.1) is 11.8 Å². The van der Waals surface area contributed by atoms with Gasteiger partial charge in [0.15, 0.2) is 0 Å². The molecule has 1 fully saturated rings. The smallest absolute Gasteiger partial charge is 0.255 e. The lowest BCUT2D eigenvalue weighted by molar-refractivity contribution is -0.115. The number of hydrogen-bond acceptors (Lipinski definition) is 4. The van der Waals surface area contributed by atoms with Crippen molar-refractivity contribution in [3.8, 4) is 5.75 Å². The minimum atomic E-state index is -0.193. The number of benzene rings is 3. The van der Waals surface area contributed by atoms with Crippen molar-refractivity contribution >= 4 is 35.0 Å². The summed E-state index contributed by atoms with van der Waals surface area (Å²) in [6.45, 7) is 4.27. The van der Waals surface area contributed by atoms with E-state index in [1.807, 2.05) is 47.4 Å². The van der Waals surface area contributed by atoms with Gasteiger partial charge in [0.25, 0.3) is 5.91 Å². The third kappa shape index (κ3) is 4.50. The molecule has 4 rings (SSSR count). The number of rotatable bonds is 6. The minimum Gasteiger partial charge on any atom is -0.497 e. The van der Waals surface area contributed by atoms with Crippen LogP contribution in [0.15, 0.2) is 72.8 Å². The Balaban J connectivity index is 1.59. The highest BCUT2D eigenvalue weighted by molar-refractivity contribution is 8.00. The number of nitrogens with one attached hydrogen (secondary N) is 1. The number of para-hydroxylation sites is 1. The maximum Gasteiger partial charge on any atom is 0.255 e. The molecule has 0 radical (unpaired) electrons. The van der Waals surface area contributed by atoms with E-state index in [2.05, 4.69) is 25.2 Å². The molecule has 0 unspecified atom stereocenters. The second-order valence-corrected chi connectivity index (χ2v) is 9.02. The molecule has 0 saturated carbocycles. The Morgan fingerprint density at radius 3 is 2.53 bits per heavy atom. The monoisotopic (exact) mass is 446 g/mol. The summed E-state index contributed by atoms with van der Waals surface area (Å²) in [5, 5.41) is 2.82. The van der Waals surface area contributed by atoms with Crippen molar-refractivity contribution in [1.29, 1.82) is 0 Å². The maximum atomic E-state index is 12.9. The first-order valence-corrected chi connectivity index (χ1v) is 11.6. The number of carbonyl (C=O) groups is 2. The lowest BCUT2D eigenvalue weighted by Crippen LogP contribution is -2.29. The Morgan fingerprint density at radius 2 is 1.81 bits per heavy atom. The van der Waals surface area contributed by atoms with E-state index in [1.165, 1.54) is 0 Å². The van der Waals surface area contributed by atoms with Crippen LogP contribution in [0.1, 0.15) is 46.6 Å². The summed E-state index contributed by atoms with van der Waals surface area (Å²) in [5.74, 6) is 1.34. The van der Waals surface area contributed by atoms with Gasteiger partial charge in [-0.3, -0.25) is 14.5 Å². The first kappa shape index (κ1) is 22.0. The van der Waals surface area contributed by atoms with Gasteiger partial charge in [-0.05, 0) is 59.5 Å². The average molecular weight is 447 g/mol. The third-order valence-corrected chi connectivity index (χ3v) is 6.68. The van der Waals surface area contributed by atoms with Gasteiger partial charge in [-0.1, -0.05) is 44.2 Å². The van der Waals surface area contributed by atoms with Crippen LogP contribution in [0.5, 0.6) is 5.75 Å². The zero-order valence-electron chi connectivity index (χ0n) is 18.4. The van der Waals surface area contributed by atoms with Crippen molar-refractivity contribution in [2.75, 3.05) is 23.1 Å². The molecule has 1 N–H and O–H groups in total. The van der Waals surface area contributed by atoms with E-state index in [0.717, 1.165) is 16.8 Å². The Morgan fingerprint density at radius 1 is 1.06 bits per heavy atom. The summed E-state index contributed by atoms with van der Waals surface area (Å²) in [5.41, 5.74) is 4.33. The Bertz CT molecular complexity index is 1130. The standard InChI is InChI=1S/C26H26N2O3S/c1-17(2)22-9-4-5-10-23(22)28-24(29)16-32-26(28)19-7-6-8-20(15-19)27-25(30)18-11-13-21(31-3)14-12-18/h4-15,17,26H,16H2,1-3H3,(H,27,30)/t26-/m1/s1. The van der Waals surface area contributed by atoms with Crippen molar-refractivity contribution in [2.45, 2.75) is 25.1 Å². The largest absolute Gasteiger partial charge is 0.497 e. The van der Waals surface area contributed by atoms with Gasteiger partial charge in [0.2, 0.25) is 5.91 Å². The summed E-state index contributed by atoms with van der Waals surface area (Å²) in [6.07, 6.45) is 0. The molecule has 3 aromatic rings. The lowest BCUT2D eigenvalue weighted by atomic mass is 10.00. The van der Waals surface area contributed by atoms with Crippen molar-refractivity contribution in [1.82, 2.24) is 0 Å². The van der Waals surface area contributed by atoms with E-state index in [0.29, 0.717) is 28.7 Å². The number of thioether (sulfide) groups is 1. The Labute approximate surface area is 192 Å². The molecule has 0 aromatic heterocycles. The number of ether oxygens (including phenoxy) is 1. The summed E-state index contributed by atoms with van der Waals surface area (Å²) in [6, 6.07) is 22.8. The van der Waals surface area contributed by atoms with Crippen LogP contribution in [0.4, 0.5) is 11.4 Å². The molecule has 1 heterocycles. The maximum absolute atomic E-state index is 12.9. The van der Waals surface area contributed by atoms with Gasteiger partial charge in [0.05, 0.1) is 12.9 Å². The fourth-order valence-electron chi connectivity index (χ4n) is 3.84. The predicted molar refractivity (Wildman–Crippen MR) is 131 cm³/mol. The SMILES string of the molecule is COc1ccc(C(=O)Nc2cccc([C@H]3SCC(=O)N3c3ccccc3C(C)C)c2)cc1. The number of methoxy groups -OCH3 is 1. The molecule has 1 atom stereocenters. The predicted octanol–water partition coefficient (Wildman–Crippen LogP) is 5.85. The number of amides is 2. The Hall–Kier alpha value is -3.25. The van der Waals surface area contributed by atoms with Crippen molar-refractivity contribution < 1.29 is 14.3 Å². The normalized spacial score (nSPS) is 15.8. The van der Waals surface area contributed by atoms with Crippen molar-refractivity contribution in [3.05, 3.63) is 89.5 Å². The van der Waals surface area contributed by atoms with E-state index < -0.39 is 0 Å². The van der Waals surface area contributed by atoms with E-state index in [9.17, 15) is 9.59 Å². The van der Waals surface area contributed by atoms with Gasteiger partial charge >= 0.3 is 0 Å². The highest BCUT2D eigenvalue weighted by atomic mass is 32.2. The zero-order valence-corrected chi connectivity index (χ0v) is 19.2. The van der Waals surface area contributed by atoms with Crippen LogP contribution in [0.25, 0.3) is 0 Å². The van der Waals surface area contributed by atoms with Crippen LogP contribution in [0, 0.1) is 0 Å². The van der Waals surface area contributed by atoms with Gasteiger partial charge < -0.3 is 10.1 Å². The highest BCUT2D eigenvalue weighted by Gasteiger charge is 2.35. The van der Waals surface area contributed by atoms with Gasteiger partial charge in [-0.2, -0.15) is 0 Å². The molecule has 6 heteroatoms. The molecule has 0 bridgehead atoms. The second kappa shape index (κ2) is 9.49. The molecular weight excluding hydrogens is 420 g/mol. The third-order valence-electron chi connectivity index (χ3n) is 5.47. The van der Waals surface area contributed by atoms with E-state index in [-0.39, 0.29) is 17.2 Å². The molecule has 0 aliphatic carbocycles. The van der Waals surface area contributed by atoms with Crippen LogP contribution in [0.2, 0.25) is 0 Å². The zero-order chi connectivity index (χ0) is 22.7. The molecule has 1 saturated heterocycles. The van der Waals surface area contributed by atoms with Gasteiger partial charge in [0, 0.05) is 16.9 Å². The molecule has 2 amide bonds. The fourth-order valence-corrected chi connectivity index (χ4v) is 5.00. The molecule has 3 aromatic carbocycles. The molecule has 0 spiro atoms. The number of anilines is 2.